The molecule has 1 N–H and O–H groups in total. The first-order valence-electron chi connectivity index (χ1n) is 4.33. The number of rotatable bonds is 1. The number of hydrogen-bond acceptors (Lipinski definition) is 4. The molecule has 1 aromatic carbocycles. The van der Waals surface area contributed by atoms with Gasteiger partial charge < -0.3 is 0 Å². The fourth-order valence-corrected chi connectivity index (χ4v) is 1.35. The van der Waals surface area contributed by atoms with Gasteiger partial charge in [0.1, 0.15) is 6.33 Å². The zero-order chi connectivity index (χ0) is 11.9. The van der Waals surface area contributed by atoms with Crippen molar-refractivity contribution in [1.29, 1.82) is 0 Å². The molecule has 0 spiro atoms. The normalized spacial score (nSPS) is 10.1. The topological polar surface area (TPSA) is 80.2 Å². The lowest BCUT2D eigenvalue weighted by Crippen LogP contribution is -1.96. The third-order valence-corrected chi connectivity index (χ3v) is 2.39. The van der Waals surface area contributed by atoms with Crippen LogP contribution in [0.2, 0.25) is 0 Å². The number of benzene rings is 1. The molecule has 0 unspecified atom stereocenters. The fraction of sp³-hybridized carbons (Fsp3) is 0. The summed E-state index contributed by atoms with van der Waals surface area (Å²) in [5, 5.41) is 0. The van der Waals surface area contributed by atoms with E-state index in [1.165, 1.54) is 18.5 Å². The standard InChI is InChI=1S/C6H6O3S.C4H4N2/c7-10(8,9)6-4-2-1-3-5-6;1-2-5-4-6-3-1/h1-5H,(H,7,8,9);1-4H. The molecule has 2 rings (SSSR count). The van der Waals surface area contributed by atoms with Gasteiger partial charge in [0.2, 0.25) is 0 Å². The van der Waals surface area contributed by atoms with Crippen LogP contribution in [-0.2, 0) is 10.1 Å². The Hall–Kier alpha value is -1.79. The van der Waals surface area contributed by atoms with E-state index in [1.807, 2.05) is 0 Å². The maximum atomic E-state index is 10.4. The van der Waals surface area contributed by atoms with Crippen LogP contribution in [0.3, 0.4) is 0 Å². The summed E-state index contributed by atoms with van der Waals surface area (Å²) >= 11 is 0. The minimum Gasteiger partial charge on any atom is -0.282 e. The van der Waals surface area contributed by atoms with Gasteiger partial charge in [0.15, 0.2) is 0 Å². The van der Waals surface area contributed by atoms with E-state index in [9.17, 15) is 8.42 Å². The molecule has 0 aliphatic rings. The second-order valence-corrected chi connectivity index (χ2v) is 4.11. The first-order valence-corrected chi connectivity index (χ1v) is 5.77. The van der Waals surface area contributed by atoms with Gasteiger partial charge in [-0.2, -0.15) is 8.42 Å². The Bertz CT molecular complexity index is 473. The van der Waals surface area contributed by atoms with Crippen molar-refractivity contribution in [3.63, 3.8) is 0 Å². The van der Waals surface area contributed by atoms with Crippen molar-refractivity contribution >= 4 is 10.1 Å². The highest BCUT2D eigenvalue weighted by Crippen LogP contribution is 2.05. The second-order valence-electron chi connectivity index (χ2n) is 2.69. The summed E-state index contributed by atoms with van der Waals surface area (Å²) in [6, 6.07) is 9.20. The predicted molar refractivity (Wildman–Crippen MR) is 58.3 cm³/mol. The van der Waals surface area contributed by atoms with Crippen LogP contribution in [-0.4, -0.2) is 22.9 Å². The quantitative estimate of drug-likeness (QED) is 0.760. The van der Waals surface area contributed by atoms with E-state index >= 15 is 0 Å². The molecule has 0 atom stereocenters. The highest BCUT2D eigenvalue weighted by molar-refractivity contribution is 7.85. The average Bonchev–Trinajstić information content (AvgIpc) is 2.32. The molecule has 0 amide bonds. The maximum Gasteiger partial charge on any atom is 0.294 e. The van der Waals surface area contributed by atoms with E-state index in [1.54, 1.807) is 36.7 Å². The Labute approximate surface area is 93.6 Å². The summed E-state index contributed by atoms with van der Waals surface area (Å²) < 4.78 is 29.2. The lowest BCUT2D eigenvalue weighted by Gasteiger charge is -1.92. The molecular formula is C10H10N2O3S. The van der Waals surface area contributed by atoms with Gasteiger partial charge in [-0.15, -0.1) is 0 Å². The van der Waals surface area contributed by atoms with Crippen molar-refractivity contribution in [1.82, 2.24) is 9.97 Å². The summed E-state index contributed by atoms with van der Waals surface area (Å²) in [6.07, 6.45) is 4.88. The van der Waals surface area contributed by atoms with E-state index in [2.05, 4.69) is 9.97 Å². The van der Waals surface area contributed by atoms with Crippen molar-refractivity contribution in [2.75, 3.05) is 0 Å². The smallest absolute Gasteiger partial charge is 0.282 e. The van der Waals surface area contributed by atoms with E-state index in [0.717, 1.165) is 0 Å². The highest BCUT2D eigenvalue weighted by Gasteiger charge is 2.05. The molecule has 1 heterocycles. The summed E-state index contributed by atoms with van der Waals surface area (Å²) in [6.45, 7) is 0. The molecular weight excluding hydrogens is 228 g/mol. The van der Waals surface area contributed by atoms with Crippen LogP contribution in [0.15, 0.2) is 60.0 Å². The number of nitrogens with zero attached hydrogens (tertiary/aromatic N) is 2. The van der Waals surface area contributed by atoms with Crippen LogP contribution < -0.4 is 0 Å². The zero-order valence-electron chi connectivity index (χ0n) is 8.26. The minimum atomic E-state index is -4.00. The average molecular weight is 238 g/mol. The van der Waals surface area contributed by atoms with Crippen LogP contribution in [0, 0.1) is 0 Å². The van der Waals surface area contributed by atoms with Gasteiger partial charge in [-0.05, 0) is 18.2 Å². The van der Waals surface area contributed by atoms with Crippen LogP contribution in [0.1, 0.15) is 0 Å². The Balaban J connectivity index is 0.000000181. The molecule has 0 bridgehead atoms. The summed E-state index contributed by atoms with van der Waals surface area (Å²) in [4.78, 5) is 7.27. The molecule has 84 valence electrons. The number of hydrogen-bond donors (Lipinski definition) is 1. The maximum absolute atomic E-state index is 10.4. The molecule has 0 saturated carbocycles. The summed E-state index contributed by atoms with van der Waals surface area (Å²) in [5.41, 5.74) is 0. The largest absolute Gasteiger partial charge is 0.294 e. The van der Waals surface area contributed by atoms with Crippen molar-refractivity contribution in [2.45, 2.75) is 4.90 Å². The van der Waals surface area contributed by atoms with Crippen molar-refractivity contribution in [3.05, 3.63) is 55.1 Å². The highest BCUT2D eigenvalue weighted by atomic mass is 32.2. The first-order chi connectivity index (χ1) is 7.61. The van der Waals surface area contributed by atoms with E-state index in [4.69, 9.17) is 4.55 Å². The van der Waals surface area contributed by atoms with Crippen LogP contribution in [0.25, 0.3) is 0 Å². The molecule has 1 aromatic heterocycles. The molecule has 0 fully saturated rings. The molecule has 6 heteroatoms. The zero-order valence-corrected chi connectivity index (χ0v) is 9.08. The van der Waals surface area contributed by atoms with Crippen LogP contribution in [0.4, 0.5) is 0 Å². The Morgan fingerprint density at radius 2 is 1.50 bits per heavy atom. The van der Waals surface area contributed by atoms with Gasteiger partial charge in [-0.3, -0.25) is 4.55 Å². The van der Waals surface area contributed by atoms with E-state index < -0.39 is 10.1 Å². The molecule has 0 radical (unpaired) electrons. The van der Waals surface area contributed by atoms with Crippen LogP contribution >= 0.6 is 0 Å². The minimum absolute atomic E-state index is 0.0741. The Kier molecular flexibility index (Phi) is 4.56. The molecule has 0 saturated heterocycles. The molecule has 16 heavy (non-hydrogen) atoms. The Morgan fingerprint density at radius 3 is 1.75 bits per heavy atom. The SMILES string of the molecule is O=S(=O)(O)c1ccccc1.c1cncnc1. The second kappa shape index (κ2) is 5.94. The van der Waals surface area contributed by atoms with E-state index in [-0.39, 0.29) is 4.90 Å². The fourth-order valence-electron chi connectivity index (χ4n) is 0.846. The first kappa shape index (κ1) is 12.3. The lowest BCUT2D eigenvalue weighted by atomic mass is 10.4. The van der Waals surface area contributed by atoms with Gasteiger partial charge in [0.05, 0.1) is 4.90 Å². The van der Waals surface area contributed by atoms with E-state index in [0.29, 0.717) is 0 Å². The molecule has 0 aliphatic carbocycles. The summed E-state index contributed by atoms with van der Waals surface area (Å²) in [5.74, 6) is 0. The number of aromatic nitrogens is 2. The third-order valence-electron chi connectivity index (χ3n) is 1.52. The van der Waals surface area contributed by atoms with Crippen LogP contribution in [0.5, 0.6) is 0 Å². The molecule has 2 aromatic rings. The molecule has 0 aliphatic heterocycles. The van der Waals surface area contributed by atoms with Crippen molar-refractivity contribution in [2.24, 2.45) is 0 Å². The lowest BCUT2D eigenvalue weighted by molar-refractivity contribution is 0.483. The van der Waals surface area contributed by atoms with Gasteiger partial charge >= 0.3 is 0 Å². The van der Waals surface area contributed by atoms with Crippen molar-refractivity contribution in [3.8, 4) is 0 Å². The van der Waals surface area contributed by atoms with Gasteiger partial charge in [0.25, 0.3) is 10.1 Å². The van der Waals surface area contributed by atoms with Gasteiger partial charge in [0, 0.05) is 12.4 Å². The van der Waals surface area contributed by atoms with Crippen molar-refractivity contribution < 1.29 is 13.0 Å². The van der Waals surface area contributed by atoms with Gasteiger partial charge in [-0.25, -0.2) is 9.97 Å². The van der Waals surface area contributed by atoms with Gasteiger partial charge in [-0.1, -0.05) is 18.2 Å². The predicted octanol–water partition coefficient (Wildman–Crippen LogP) is 1.41. The monoisotopic (exact) mass is 238 g/mol. The Morgan fingerprint density at radius 1 is 0.938 bits per heavy atom. The third kappa shape index (κ3) is 4.63. The summed E-state index contributed by atoms with van der Waals surface area (Å²) in [7, 11) is -4.00. The molecule has 5 nitrogen and oxygen atoms in total.